The smallest absolute Gasteiger partial charge is 0.129 e. The Morgan fingerprint density at radius 1 is 1.38 bits per heavy atom. The second kappa shape index (κ2) is 4.61. The molecule has 2 heteroatoms. The summed E-state index contributed by atoms with van der Waals surface area (Å²) in [5.74, 6) is 1.08. The van der Waals surface area contributed by atoms with E-state index in [1.165, 1.54) is 5.56 Å². The van der Waals surface area contributed by atoms with E-state index >= 15 is 0 Å². The van der Waals surface area contributed by atoms with Crippen LogP contribution in [0.2, 0.25) is 5.15 Å². The van der Waals surface area contributed by atoms with Crippen LogP contribution in [0.1, 0.15) is 32.3 Å². The van der Waals surface area contributed by atoms with E-state index in [2.05, 4.69) is 32.2 Å². The van der Waals surface area contributed by atoms with Crippen LogP contribution in [0, 0.1) is 12.3 Å². The van der Waals surface area contributed by atoms with Gasteiger partial charge in [0, 0.05) is 6.20 Å². The summed E-state index contributed by atoms with van der Waals surface area (Å²) in [5.41, 5.74) is 1.24. The number of hydrogen-bond donors (Lipinski definition) is 0. The molecule has 0 spiro atoms. The highest BCUT2D eigenvalue weighted by molar-refractivity contribution is 6.29. The zero-order valence-corrected chi connectivity index (χ0v) is 9.05. The molecule has 1 radical (unpaired) electrons. The average Bonchev–Trinajstić information content (AvgIpc) is 2.09. The van der Waals surface area contributed by atoms with E-state index in [1.807, 2.05) is 18.3 Å². The van der Waals surface area contributed by atoms with E-state index in [1.54, 1.807) is 0 Å². The van der Waals surface area contributed by atoms with Crippen LogP contribution in [0.4, 0.5) is 0 Å². The molecule has 0 aliphatic rings. The highest BCUT2D eigenvalue weighted by Gasteiger charge is 2.13. The second-order valence-electron chi connectivity index (χ2n) is 3.52. The zero-order valence-electron chi connectivity index (χ0n) is 8.29. The fourth-order valence-electron chi connectivity index (χ4n) is 1.55. The highest BCUT2D eigenvalue weighted by Crippen LogP contribution is 2.26. The van der Waals surface area contributed by atoms with Gasteiger partial charge in [0.05, 0.1) is 0 Å². The Kier molecular flexibility index (Phi) is 3.73. The Balaban J connectivity index is 2.86. The molecule has 1 rings (SSSR count). The topological polar surface area (TPSA) is 12.9 Å². The van der Waals surface area contributed by atoms with Gasteiger partial charge in [-0.2, -0.15) is 0 Å². The standard InChI is InChI=1S/C11H15ClN/c1-4-10(8(2)3)9-5-6-11(12)13-7-9/h4-8,10H,1-3H3. The maximum absolute atomic E-state index is 5.72. The average molecular weight is 197 g/mol. The normalized spacial score (nSPS) is 13.3. The van der Waals surface area contributed by atoms with Crippen LogP contribution >= 0.6 is 11.6 Å². The lowest BCUT2D eigenvalue weighted by atomic mass is 9.87. The van der Waals surface area contributed by atoms with Crippen molar-refractivity contribution in [2.75, 3.05) is 0 Å². The number of pyridine rings is 1. The van der Waals surface area contributed by atoms with Gasteiger partial charge in [-0.1, -0.05) is 38.4 Å². The summed E-state index contributed by atoms with van der Waals surface area (Å²) in [4.78, 5) is 4.08. The molecule has 13 heavy (non-hydrogen) atoms. The molecule has 1 unspecified atom stereocenters. The quantitative estimate of drug-likeness (QED) is 0.672. The molecule has 0 aromatic carbocycles. The summed E-state index contributed by atoms with van der Waals surface area (Å²) in [5, 5.41) is 0.558. The monoisotopic (exact) mass is 196 g/mol. The fraction of sp³-hybridized carbons (Fsp3) is 0.455. The molecule has 0 aliphatic carbocycles. The van der Waals surface area contributed by atoms with Gasteiger partial charge in [0.2, 0.25) is 0 Å². The van der Waals surface area contributed by atoms with E-state index in [0.29, 0.717) is 17.0 Å². The molecule has 0 amide bonds. The van der Waals surface area contributed by atoms with E-state index in [4.69, 9.17) is 11.6 Å². The Hall–Kier alpha value is -0.560. The van der Waals surface area contributed by atoms with Crippen molar-refractivity contribution in [1.82, 2.24) is 4.98 Å². The van der Waals surface area contributed by atoms with Crippen LogP contribution in [0.15, 0.2) is 18.3 Å². The van der Waals surface area contributed by atoms with E-state index in [-0.39, 0.29) is 0 Å². The third-order valence-electron chi connectivity index (χ3n) is 2.21. The van der Waals surface area contributed by atoms with Crippen LogP contribution in [-0.4, -0.2) is 4.98 Å². The summed E-state index contributed by atoms with van der Waals surface area (Å²) in [6.07, 6.45) is 4.06. The summed E-state index contributed by atoms with van der Waals surface area (Å²) in [6, 6.07) is 3.88. The number of rotatable bonds is 3. The largest absolute Gasteiger partial charge is 0.244 e. The van der Waals surface area contributed by atoms with Gasteiger partial charge in [-0.3, -0.25) is 0 Å². The molecule has 0 bridgehead atoms. The predicted molar refractivity (Wildman–Crippen MR) is 56.8 cm³/mol. The minimum Gasteiger partial charge on any atom is -0.244 e. The zero-order chi connectivity index (χ0) is 9.84. The summed E-state index contributed by atoms with van der Waals surface area (Å²) >= 11 is 5.72. The first-order valence-electron chi connectivity index (χ1n) is 4.56. The third-order valence-corrected chi connectivity index (χ3v) is 2.44. The van der Waals surface area contributed by atoms with E-state index in [0.717, 1.165) is 0 Å². The van der Waals surface area contributed by atoms with Gasteiger partial charge in [0.25, 0.3) is 0 Å². The van der Waals surface area contributed by atoms with Crippen LogP contribution in [0.25, 0.3) is 0 Å². The minimum absolute atomic E-state index is 0.477. The van der Waals surface area contributed by atoms with Crippen molar-refractivity contribution < 1.29 is 0 Å². The van der Waals surface area contributed by atoms with Gasteiger partial charge in [-0.25, -0.2) is 4.98 Å². The first-order valence-corrected chi connectivity index (χ1v) is 4.94. The lowest BCUT2D eigenvalue weighted by Gasteiger charge is -2.18. The first-order chi connectivity index (χ1) is 6.15. The minimum atomic E-state index is 0.477. The first kappa shape index (κ1) is 10.5. The SMILES string of the molecule is C[CH]C(c1ccc(Cl)nc1)C(C)C. The molecule has 0 aliphatic heterocycles. The molecule has 1 atom stereocenters. The van der Waals surface area contributed by atoms with E-state index < -0.39 is 0 Å². The van der Waals surface area contributed by atoms with Gasteiger partial charge < -0.3 is 0 Å². The lowest BCUT2D eigenvalue weighted by molar-refractivity contribution is 0.549. The van der Waals surface area contributed by atoms with Crippen molar-refractivity contribution >= 4 is 11.6 Å². The predicted octanol–water partition coefficient (Wildman–Crippen LogP) is 3.70. The molecular formula is C11H15ClN. The number of aromatic nitrogens is 1. The Bertz CT molecular complexity index is 253. The van der Waals surface area contributed by atoms with Gasteiger partial charge in [0.1, 0.15) is 5.15 Å². The second-order valence-corrected chi connectivity index (χ2v) is 3.90. The van der Waals surface area contributed by atoms with Crippen LogP contribution in [0.3, 0.4) is 0 Å². The van der Waals surface area contributed by atoms with Gasteiger partial charge >= 0.3 is 0 Å². The molecule has 1 aromatic heterocycles. The Morgan fingerprint density at radius 3 is 2.46 bits per heavy atom. The lowest BCUT2D eigenvalue weighted by Crippen LogP contribution is -2.06. The Labute approximate surface area is 85.1 Å². The molecule has 0 fully saturated rings. The van der Waals surface area contributed by atoms with Crippen LogP contribution in [0.5, 0.6) is 0 Å². The number of hydrogen-bond acceptors (Lipinski definition) is 1. The molecule has 0 saturated carbocycles. The molecule has 0 N–H and O–H groups in total. The Morgan fingerprint density at radius 2 is 2.08 bits per heavy atom. The maximum atomic E-state index is 5.72. The summed E-state index contributed by atoms with van der Waals surface area (Å²) in [7, 11) is 0. The number of nitrogens with zero attached hydrogens (tertiary/aromatic N) is 1. The van der Waals surface area contributed by atoms with Crippen molar-refractivity contribution in [2.24, 2.45) is 5.92 Å². The van der Waals surface area contributed by atoms with Gasteiger partial charge in [0.15, 0.2) is 0 Å². The highest BCUT2D eigenvalue weighted by atomic mass is 35.5. The van der Waals surface area contributed by atoms with Crippen molar-refractivity contribution in [2.45, 2.75) is 26.7 Å². The fourth-order valence-corrected chi connectivity index (χ4v) is 1.66. The van der Waals surface area contributed by atoms with Crippen molar-refractivity contribution in [1.29, 1.82) is 0 Å². The van der Waals surface area contributed by atoms with E-state index in [9.17, 15) is 0 Å². The molecule has 1 aromatic rings. The van der Waals surface area contributed by atoms with Gasteiger partial charge in [-0.05, 0) is 29.9 Å². The van der Waals surface area contributed by atoms with Crippen molar-refractivity contribution in [3.05, 3.63) is 35.5 Å². The third kappa shape index (κ3) is 2.70. The van der Waals surface area contributed by atoms with Crippen LogP contribution in [-0.2, 0) is 0 Å². The summed E-state index contributed by atoms with van der Waals surface area (Å²) in [6.45, 7) is 6.50. The molecule has 1 nitrogen and oxygen atoms in total. The number of halogens is 1. The molecular weight excluding hydrogens is 182 g/mol. The molecule has 1 heterocycles. The molecule has 71 valence electrons. The maximum Gasteiger partial charge on any atom is 0.129 e. The van der Waals surface area contributed by atoms with Crippen molar-refractivity contribution in [3.8, 4) is 0 Å². The molecule has 0 saturated heterocycles. The van der Waals surface area contributed by atoms with Crippen LogP contribution < -0.4 is 0 Å². The van der Waals surface area contributed by atoms with Gasteiger partial charge in [-0.15, -0.1) is 0 Å². The summed E-state index contributed by atoms with van der Waals surface area (Å²) < 4.78 is 0. The van der Waals surface area contributed by atoms with Crippen molar-refractivity contribution in [3.63, 3.8) is 0 Å².